The molecule has 6 nitrogen and oxygen atoms in total. The average Bonchev–Trinajstić information content (AvgIpc) is 3.07. The molecule has 1 fully saturated rings. The average molecular weight is 429 g/mol. The van der Waals surface area contributed by atoms with Gasteiger partial charge >= 0.3 is 5.97 Å². The number of aromatic nitrogens is 2. The molecule has 3 aromatic rings. The van der Waals surface area contributed by atoms with Crippen LogP contribution in [-0.4, -0.2) is 57.0 Å². The van der Waals surface area contributed by atoms with Crippen LogP contribution in [0.2, 0.25) is 0 Å². The van der Waals surface area contributed by atoms with Crippen molar-refractivity contribution in [1.29, 1.82) is 0 Å². The number of hydrogen-bond donors (Lipinski definition) is 2. The number of halogens is 1. The van der Waals surface area contributed by atoms with Crippen molar-refractivity contribution in [3.8, 4) is 0 Å². The molecular weight excluding hydrogens is 408 g/mol. The summed E-state index contributed by atoms with van der Waals surface area (Å²) < 4.78 is 0.945. The fourth-order valence-corrected chi connectivity index (χ4v) is 4.09. The molecule has 140 valence electrons. The summed E-state index contributed by atoms with van der Waals surface area (Å²) in [5, 5.41) is 10.9. The highest BCUT2D eigenvalue weighted by atomic mass is 79.9. The van der Waals surface area contributed by atoms with Crippen LogP contribution in [0.15, 0.2) is 53.3 Å². The fourth-order valence-electron chi connectivity index (χ4n) is 3.73. The third-order valence-corrected chi connectivity index (χ3v) is 5.58. The number of H-pyrrole nitrogens is 1. The molecule has 0 amide bonds. The maximum Gasteiger partial charge on any atom is 0.325 e. The Bertz CT molecular complexity index is 936. The first-order valence-electron chi connectivity index (χ1n) is 8.97. The Morgan fingerprint density at radius 3 is 2.74 bits per heavy atom. The first kappa shape index (κ1) is 18.2. The Morgan fingerprint density at radius 2 is 2.04 bits per heavy atom. The SMILES string of the molecule is O=C(O)C(c1c[nH]c2ccc(Br)cc12)N1CCN(Cc2ccccn2)CC1. The molecule has 0 bridgehead atoms. The van der Waals surface area contributed by atoms with Crippen LogP contribution < -0.4 is 0 Å². The van der Waals surface area contributed by atoms with Gasteiger partial charge in [-0.25, -0.2) is 0 Å². The maximum absolute atomic E-state index is 12.1. The fraction of sp³-hybridized carbons (Fsp3) is 0.300. The number of carboxylic acid groups (broad SMARTS) is 1. The predicted molar refractivity (Wildman–Crippen MR) is 107 cm³/mol. The second kappa shape index (κ2) is 7.80. The summed E-state index contributed by atoms with van der Waals surface area (Å²) in [5.41, 5.74) is 2.81. The molecule has 0 aliphatic carbocycles. The van der Waals surface area contributed by atoms with E-state index in [0.29, 0.717) is 13.1 Å². The molecular formula is C20H21BrN4O2. The first-order valence-corrected chi connectivity index (χ1v) is 9.77. The van der Waals surface area contributed by atoms with E-state index in [-0.39, 0.29) is 0 Å². The topological polar surface area (TPSA) is 72.5 Å². The number of piperazine rings is 1. The molecule has 1 unspecified atom stereocenters. The molecule has 3 heterocycles. The van der Waals surface area contributed by atoms with Crippen LogP contribution in [-0.2, 0) is 11.3 Å². The molecule has 1 aromatic carbocycles. The smallest absolute Gasteiger partial charge is 0.325 e. The summed E-state index contributed by atoms with van der Waals surface area (Å²) in [7, 11) is 0. The third kappa shape index (κ3) is 3.90. The predicted octanol–water partition coefficient (Wildman–Crippen LogP) is 3.27. The van der Waals surface area contributed by atoms with Gasteiger partial charge in [-0.15, -0.1) is 0 Å². The minimum atomic E-state index is -0.811. The summed E-state index contributed by atoms with van der Waals surface area (Å²) in [6.07, 6.45) is 3.64. The van der Waals surface area contributed by atoms with Crippen LogP contribution in [0.4, 0.5) is 0 Å². The molecule has 0 radical (unpaired) electrons. The Labute approximate surface area is 165 Å². The monoisotopic (exact) mass is 428 g/mol. The lowest BCUT2D eigenvalue weighted by atomic mass is 10.0. The van der Waals surface area contributed by atoms with Gasteiger partial charge in [-0.05, 0) is 30.3 Å². The highest BCUT2D eigenvalue weighted by Gasteiger charge is 2.32. The number of pyridine rings is 1. The van der Waals surface area contributed by atoms with E-state index < -0.39 is 12.0 Å². The summed E-state index contributed by atoms with van der Waals surface area (Å²) in [4.78, 5) is 24.1. The minimum absolute atomic E-state index is 0.648. The minimum Gasteiger partial charge on any atom is -0.480 e. The van der Waals surface area contributed by atoms with Crippen molar-refractivity contribution in [3.63, 3.8) is 0 Å². The van der Waals surface area contributed by atoms with E-state index in [9.17, 15) is 9.90 Å². The molecule has 4 rings (SSSR count). The van der Waals surface area contributed by atoms with Crippen LogP contribution in [0.1, 0.15) is 17.3 Å². The van der Waals surface area contributed by atoms with Crippen LogP contribution >= 0.6 is 15.9 Å². The van der Waals surface area contributed by atoms with E-state index in [1.165, 1.54) is 0 Å². The quantitative estimate of drug-likeness (QED) is 0.652. The van der Waals surface area contributed by atoms with Crippen molar-refractivity contribution in [2.75, 3.05) is 26.2 Å². The lowest BCUT2D eigenvalue weighted by Gasteiger charge is -2.37. The van der Waals surface area contributed by atoms with Crippen molar-refractivity contribution < 1.29 is 9.90 Å². The number of nitrogens with one attached hydrogen (secondary N) is 1. The highest BCUT2D eigenvalue weighted by Crippen LogP contribution is 2.31. The van der Waals surface area contributed by atoms with Crippen LogP contribution in [0.25, 0.3) is 10.9 Å². The van der Waals surface area contributed by atoms with E-state index in [0.717, 1.165) is 46.3 Å². The van der Waals surface area contributed by atoms with E-state index in [2.05, 4.69) is 35.7 Å². The van der Waals surface area contributed by atoms with Gasteiger partial charge in [0, 0.05) is 66.1 Å². The third-order valence-electron chi connectivity index (χ3n) is 5.09. The molecule has 1 saturated heterocycles. The Kier molecular flexibility index (Phi) is 5.24. The van der Waals surface area contributed by atoms with Gasteiger partial charge in [0.1, 0.15) is 6.04 Å². The van der Waals surface area contributed by atoms with E-state index in [4.69, 9.17) is 0 Å². The largest absolute Gasteiger partial charge is 0.480 e. The van der Waals surface area contributed by atoms with Crippen molar-refractivity contribution in [3.05, 3.63) is 64.5 Å². The number of hydrogen-bond acceptors (Lipinski definition) is 4. The van der Waals surface area contributed by atoms with E-state index in [1.54, 1.807) is 6.20 Å². The summed E-state index contributed by atoms with van der Waals surface area (Å²) in [5.74, 6) is -0.811. The summed E-state index contributed by atoms with van der Waals surface area (Å²) >= 11 is 3.49. The lowest BCUT2D eigenvalue weighted by Crippen LogP contribution is -2.48. The van der Waals surface area contributed by atoms with Crippen LogP contribution in [0.5, 0.6) is 0 Å². The van der Waals surface area contributed by atoms with Crippen molar-refractivity contribution in [2.24, 2.45) is 0 Å². The number of carboxylic acids is 1. The Morgan fingerprint density at radius 1 is 1.22 bits per heavy atom. The number of carbonyl (C=O) groups is 1. The number of rotatable bonds is 5. The Hall–Kier alpha value is -2.22. The van der Waals surface area contributed by atoms with Gasteiger partial charge in [0.15, 0.2) is 0 Å². The van der Waals surface area contributed by atoms with Gasteiger partial charge < -0.3 is 10.1 Å². The van der Waals surface area contributed by atoms with Gasteiger partial charge in [0.25, 0.3) is 0 Å². The van der Waals surface area contributed by atoms with Gasteiger partial charge in [0.05, 0.1) is 5.69 Å². The zero-order chi connectivity index (χ0) is 18.8. The normalized spacial score (nSPS) is 17.2. The molecule has 1 aliphatic heterocycles. The van der Waals surface area contributed by atoms with Crippen LogP contribution in [0, 0.1) is 0 Å². The molecule has 1 atom stereocenters. The highest BCUT2D eigenvalue weighted by molar-refractivity contribution is 9.10. The summed E-state index contributed by atoms with van der Waals surface area (Å²) in [6, 6.07) is 11.2. The van der Waals surface area contributed by atoms with Crippen molar-refractivity contribution in [2.45, 2.75) is 12.6 Å². The van der Waals surface area contributed by atoms with E-state index >= 15 is 0 Å². The second-order valence-corrected chi connectivity index (χ2v) is 7.72. The standard InChI is InChI=1S/C20H21BrN4O2/c21-14-4-5-18-16(11-14)17(12-23-18)19(20(26)27)25-9-7-24(8-10-25)13-15-3-1-2-6-22-15/h1-6,11-12,19,23H,7-10,13H2,(H,26,27). The van der Waals surface area contributed by atoms with Crippen LogP contribution in [0.3, 0.4) is 0 Å². The lowest BCUT2D eigenvalue weighted by molar-refractivity contribution is -0.144. The summed E-state index contributed by atoms with van der Waals surface area (Å²) in [6.45, 7) is 3.88. The number of nitrogens with zero attached hydrogens (tertiary/aromatic N) is 3. The second-order valence-electron chi connectivity index (χ2n) is 6.81. The maximum atomic E-state index is 12.1. The number of aliphatic carboxylic acids is 1. The molecule has 0 saturated carbocycles. The first-order chi connectivity index (χ1) is 13.1. The molecule has 0 spiro atoms. The number of fused-ring (bicyclic) bond motifs is 1. The van der Waals surface area contributed by atoms with Gasteiger partial charge in [-0.2, -0.15) is 0 Å². The molecule has 27 heavy (non-hydrogen) atoms. The van der Waals surface area contributed by atoms with Gasteiger partial charge in [0.2, 0.25) is 0 Å². The number of benzene rings is 1. The van der Waals surface area contributed by atoms with Gasteiger partial charge in [-0.3, -0.25) is 19.6 Å². The molecule has 1 aliphatic rings. The zero-order valence-corrected chi connectivity index (χ0v) is 16.4. The zero-order valence-electron chi connectivity index (χ0n) is 14.8. The number of aromatic amines is 1. The van der Waals surface area contributed by atoms with Crippen molar-refractivity contribution >= 4 is 32.8 Å². The molecule has 7 heteroatoms. The van der Waals surface area contributed by atoms with E-state index in [1.807, 2.05) is 42.6 Å². The Balaban J connectivity index is 1.50. The van der Waals surface area contributed by atoms with Crippen molar-refractivity contribution in [1.82, 2.24) is 19.8 Å². The van der Waals surface area contributed by atoms with Gasteiger partial charge in [-0.1, -0.05) is 22.0 Å². The molecule has 2 aromatic heterocycles. The molecule has 2 N–H and O–H groups in total.